The van der Waals surface area contributed by atoms with Gasteiger partial charge in [0, 0.05) is 29.2 Å². The van der Waals surface area contributed by atoms with Crippen LogP contribution in [0.4, 0.5) is 0 Å². The van der Waals surface area contributed by atoms with Crippen molar-refractivity contribution in [1.82, 2.24) is 15.0 Å². The fourth-order valence-corrected chi connectivity index (χ4v) is 2.27. The van der Waals surface area contributed by atoms with Gasteiger partial charge in [0.25, 0.3) is 0 Å². The molecule has 0 aliphatic carbocycles. The van der Waals surface area contributed by atoms with Crippen molar-refractivity contribution in [2.75, 3.05) is 7.11 Å². The summed E-state index contributed by atoms with van der Waals surface area (Å²) in [6.07, 6.45) is 3.33. The van der Waals surface area contributed by atoms with Gasteiger partial charge >= 0.3 is 5.97 Å². The number of aromatic amines is 1. The zero-order valence-corrected chi connectivity index (χ0v) is 13.4. The minimum atomic E-state index is -0.471. The van der Waals surface area contributed by atoms with E-state index in [0.717, 1.165) is 16.9 Å². The first-order valence-electron chi connectivity index (χ1n) is 7.44. The Labute approximate surface area is 139 Å². The van der Waals surface area contributed by atoms with Crippen molar-refractivity contribution in [3.8, 4) is 17.1 Å². The molecule has 3 rings (SSSR count). The van der Waals surface area contributed by atoms with Gasteiger partial charge in [-0.2, -0.15) is 0 Å². The molecule has 0 bridgehead atoms. The molecule has 0 saturated heterocycles. The Kier molecular flexibility index (Phi) is 4.56. The van der Waals surface area contributed by atoms with Gasteiger partial charge in [-0.25, -0.2) is 9.78 Å². The molecule has 2 heterocycles. The van der Waals surface area contributed by atoms with E-state index in [1.807, 2.05) is 30.3 Å². The summed E-state index contributed by atoms with van der Waals surface area (Å²) >= 11 is 0. The smallest absolute Gasteiger partial charge is 0.359 e. The van der Waals surface area contributed by atoms with E-state index in [1.54, 1.807) is 32.5 Å². The molecule has 1 aromatic carbocycles. The second kappa shape index (κ2) is 6.95. The molecular weight excluding hydrogens is 306 g/mol. The van der Waals surface area contributed by atoms with Crippen molar-refractivity contribution >= 4 is 5.97 Å². The molecule has 0 aliphatic rings. The highest BCUT2D eigenvalue weighted by Crippen LogP contribution is 2.23. The maximum absolute atomic E-state index is 12.3. The summed E-state index contributed by atoms with van der Waals surface area (Å²) in [5, 5.41) is 0. The number of ether oxygens (including phenoxy) is 2. The van der Waals surface area contributed by atoms with E-state index in [1.165, 1.54) is 0 Å². The summed E-state index contributed by atoms with van der Waals surface area (Å²) in [7, 11) is 1.60. The van der Waals surface area contributed by atoms with Crippen LogP contribution >= 0.6 is 0 Å². The Hall–Kier alpha value is -3.15. The number of esters is 1. The summed E-state index contributed by atoms with van der Waals surface area (Å²) in [6.45, 7) is 1.95. The van der Waals surface area contributed by atoms with Crippen LogP contribution in [0.25, 0.3) is 11.4 Å². The zero-order chi connectivity index (χ0) is 16.9. The van der Waals surface area contributed by atoms with Crippen molar-refractivity contribution in [2.45, 2.75) is 13.5 Å². The molecule has 3 aromatic rings. The number of methoxy groups -OCH3 is 1. The van der Waals surface area contributed by atoms with E-state index in [9.17, 15) is 4.79 Å². The lowest BCUT2D eigenvalue weighted by atomic mass is 10.2. The normalized spacial score (nSPS) is 10.4. The highest BCUT2D eigenvalue weighted by Gasteiger charge is 2.17. The predicted octanol–water partition coefficient (Wildman–Crippen LogP) is 3.15. The van der Waals surface area contributed by atoms with Crippen molar-refractivity contribution in [1.29, 1.82) is 0 Å². The van der Waals surface area contributed by atoms with Crippen LogP contribution in [0.1, 0.15) is 21.7 Å². The maximum Gasteiger partial charge on any atom is 0.359 e. The number of carbonyl (C=O) groups is 1. The van der Waals surface area contributed by atoms with E-state index >= 15 is 0 Å². The third-order valence-corrected chi connectivity index (χ3v) is 3.51. The molecule has 0 atom stereocenters. The third-order valence-electron chi connectivity index (χ3n) is 3.51. The Morgan fingerprint density at radius 3 is 2.88 bits per heavy atom. The minimum Gasteiger partial charge on any atom is -0.497 e. The van der Waals surface area contributed by atoms with Gasteiger partial charge in [-0.05, 0) is 25.1 Å². The van der Waals surface area contributed by atoms with Crippen LogP contribution < -0.4 is 4.74 Å². The van der Waals surface area contributed by atoms with E-state index < -0.39 is 5.97 Å². The van der Waals surface area contributed by atoms with Gasteiger partial charge in [-0.15, -0.1) is 0 Å². The first-order chi connectivity index (χ1) is 11.7. The standard InChI is InChI=1S/C18H17N3O3/c1-12-16(18(22)24-11-13-5-4-8-19-10-13)21-17(20-12)14-6-3-7-15(9-14)23-2/h3-10H,11H2,1-2H3,(H,20,21). The molecule has 0 radical (unpaired) electrons. The van der Waals surface area contributed by atoms with Gasteiger partial charge in [0.05, 0.1) is 7.11 Å². The molecule has 6 heteroatoms. The second-order valence-corrected chi connectivity index (χ2v) is 5.23. The molecule has 0 saturated carbocycles. The molecule has 0 aliphatic heterocycles. The highest BCUT2D eigenvalue weighted by atomic mass is 16.5. The lowest BCUT2D eigenvalue weighted by Gasteiger charge is -2.03. The van der Waals surface area contributed by atoms with Gasteiger partial charge < -0.3 is 14.5 Å². The predicted molar refractivity (Wildman–Crippen MR) is 88.7 cm³/mol. The number of rotatable bonds is 5. The van der Waals surface area contributed by atoms with Gasteiger partial charge in [0.15, 0.2) is 5.69 Å². The van der Waals surface area contributed by atoms with Crippen molar-refractivity contribution < 1.29 is 14.3 Å². The molecular formula is C18H17N3O3. The molecule has 24 heavy (non-hydrogen) atoms. The van der Waals surface area contributed by atoms with Crippen LogP contribution in [0.15, 0.2) is 48.8 Å². The molecule has 1 N–H and O–H groups in total. The van der Waals surface area contributed by atoms with Crippen molar-refractivity contribution in [2.24, 2.45) is 0 Å². The average molecular weight is 323 g/mol. The minimum absolute atomic E-state index is 0.160. The number of H-pyrrole nitrogens is 1. The van der Waals surface area contributed by atoms with E-state index in [0.29, 0.717) is 11.5 Å². The first-order valence-corrected chi connectivity index (χ1v) is 7.44. The number of nitrogens with one attached hydrogen (secondary N) is 1. The van der Waals surface area contributed by atoms with Crippen LogP contribution in [0.3, 0.4) is 0 Å². The van der Waals surface area contributed by atoms with Crippen LogP contribution in [0.2, 0.25) is 0 Å². The molecule has 122 valence electrons. The number of aromatic nitrogens is 3. The summed E-state index contributed by atoms with van der Waals surface area (Å²) in [6, 6.07) is 11.1. The Morgan fingerprint density at radius 1 is 1.25 bits per heavy atom. The fourth-order valence-electron chi connectivity index (χ4n) is 2.27. The van der Waals surface area contributed by atoms with E-state index in [-0.39, 0.29) is 12.3 Å². The Morgan fingerprint density at radius 2 is 2.12 bits per heavy atom. The van der Waals surface area contributed by atoms with Crippen molar-refractivity contribution in [3.05, 3.63) is 65.7 Å². The largest absolute Gasteiger partial charge is 0.497 e. The Bertz CT molecular complexity index is 844. The monoisotopic (exact) mass is 323 g/mol. The number of hydrogen-bond donors (Lipinski definition) is 1. The number of aryl methyl sites for hydroxylation is 1. The summed E-state index contributed by atoms with van der Waals surface area (Å²) in [5.74, 6) is 0.851. The number of benzene rings is 1. The Balaban J connectivity index is 1.77. The SMILES string of the molecule is COc1cccc(-c2nc(C(=O)OCc3cccnc3)c(C)[nH]2)c1. The van der Waals surface area contributed by atoms with Crippen LogP contribution in [0, 0.1) is 6.92 Å². The van der Waals surface area contributed by atoms with Gasteiger partial charge in [-0.3, -0.25) is 4.98 Å². The molecule has 0 unspecified atom stereocenters. The van der Waals surface area contributed by atoms with Crippen molar-refractivity contribution in [3.63, 3.8) is 0 Å². The lowest BCUT2D eigenvalue weighted by Crippen LogP contribution is -2.07. The maximum atomic E-state index is 12.3. The van der Waals surface area contributed by atoms with Crippen LogP contribution in [-0.4, -0.2) is 28.0 Å². The number of pyridine rings is 1. The van der Waals surface area contributed by atoms with Gasteiger partial charge in [-0.1, -0.05) is 18.2 Å². The van der Waals surface area contributed by atoms with Crippen LogP contribution in [-0.2, 0) is 11.3 Å². The summed E-state index contributed by atoms with van der Waals surface area (Å²) in [4.78, 5) is 23.7. The summed E-state index contributed by atoms with van der Waals surface area (Å²) in [5.41, 5.74) is 2.59. The topological polar surface area (TPSA) is 77.1 Å². The number of imidazole rings is 1. The number of carbonyl (C=O) groups excluding carboxylic acids is 1. The van der Waals surface area contributed by atoms with Crippen LogP contribution in [0.5, 0.6) is 5.75 Å². The third kappa shape index (κ3) is 3.43. The quantitative estimate of drug-likeness (QED) is 0.730. The molecule has 0 fully saturated rings. The molecule has 0 amide bonds. The van der Waals surface area contributed by atoms with E-state index in [4.69, 9.17) is 9.47 Å². The second-order valence-electron chi connectivity index (χ2n) is 5.23. The van der Waals surface area contributed by atoms with Gasteiger partial charge in [0.1, 0.15) is 18.2 Å². The fraction of sp³-hybridized carbons (Fsp3) is 0.167. The molecule has 0 spiro atoms. The zero-order valence-electron chi connectivity index (χ0n) is 13.4. The first kappa shape index (κ1) is 15.7. The number of nitrogens with zero attached hydrogens (tertiary/aromatic N) is 2. The van der Waals surface area contributed by atoms with E-state index in [2.05, 4.69) is 15.0 Å². The average Bonchev–Trinajstić information content (AvgIpc) is 3.02. The highest BCUT2D eigenvalue weighted by molar-refractivity contribution is 5.89. The summed E-state index contributed by atoms with van der Waals surface area (Å²) < 4.78 is 10.5. The van der Waals surface area contributed by atoms with Gasteiger partial charge in [0.2, 0.25) is 0 Å². The lowest BCUT2D eigenvalue weighted by molar-refractivity contribution is 0.0465. The molecule has 6 nitrogen and oxygen atoms in total. The number of hydrogen-bond acceptors (Lipinski definition) is 5. The molecule has 2 aromatic heterocycles.